The predicted molar refractivity (Wildman–Crippen MR) is 76.1 cm³/mol. The average molecular weight is 297 g/mol. The maximum Gasteiger partial charge on any atom is 0.188 e. The summed E-state index contributed by atoms with van der Waals surface area (Å²) < 4.78 is 11.7. The second-order valence-electron chi connectivity index (χ2n) is 5.83. The normalized spacial score (nSPS) is 36.9. The van der Waals surface area contributed by atoms with Crippen LogP contribution in [0.2, 0.25) is 19.6 Å². The SMILES string of the molecule is COC1(O[Si](C)(C)C)C(C)C1(Cl)C(Cl)=C(C)C. The first-order chi connectivity index (χ1) is 7.53. The number of alkyl halides is 1. The van der Waals surface area contributed by atoms with Gasteiger partial charge in [0, 0.05) is 18.1 Å². The summed E-state index contributed by atoms with van der Waals surface area (Å²) in [6.07, 6.45) is 0. The van der Waals surface area contributed by atoms with Crippen LogP contribution in [0.1, 0.15) is 20.8 Å². The van der Waals surface area contributed by atoms with E-state index in [4.69, 9.17) is 32.4 Å². The zero-order valence-electron chi connectivity index (χ0n) is 11.6. The molecular formula is C12H22Cl2O2Si. The average Bonchev–Trinajstić information content (AvgIpc) is 2.64. The van der Waals surface area contributed by atoms with E-state index in [1.54, 1.807) is 7.11 Å². The van der Waals surface area contributed by atoms with Gasteiger partial charge in [-0.3, -0.25) is 0 Å². The molecule has 3 unspecified atom stereocenters. The summed E-state index contributed by atoms with van der Waals surface area (Å²) in [5, 5.41) is 0.645. The number of methoxy groups -OCH3 is 1. The van der Waals surface area contributed by atoms with Crippen LogP contribution in [0.3, 0.4) is 0 Å². The zero-order valence-corrected chi connectivity index (χ0v) is 14.2. The third kappa shape index (κ3) is 2.33. The lowest BCUT2D eigenvalue weighted by Crippen LogP contribution is -2.39. The van der Waals surface area contributed by atoms with Gasteiger partial charge in [0.05, 0.1) is 0 Å². The quantitative estimate of drug-likeness (QED) is 0.436. The van der Waals surface area contributed by atoms with Gasteiger partial charge in [-0.25, -0.2) is 0 Å². The highest BCUT2D eigenvalue weighted by Gasteiger charge is 2.79. The second kappa shape index (κ2) is 4.53. The standard InChI is InChI=1S/C12H22Cl2O2Si/c1-8(2)10(13)11(14)9(3)12(11,15-4)16-17(5,6)7/h9H,1-7H3. The molecule has 0 aromatic carbocycles. The lowest BCUT2D eigenvalue weighted by molar-refractivity contribution is -0.101. The smallest absolute Gasteiger partial charge is 0.188 e. The van der Waals surface area contributed by atoms with Crippen LogP contribution in [0.5, 0.6) is 0 Å². The molecule has 1 aliphatic carbocycles. The van der Waals surface area contributed by atoms with Gasteiger partial charge in [-0.15, -0.1) is 11.6 Å². The number of hydrogen-bond acceptors (Lipinski definition) is 2. The Kier molecular flexibility index (Phi) is 4.14. The Hall–Kier alpha value is 0.457. The highest BCUT2D eigenvalue weighted by atomic mass is 35.5. The summed E-state index contributed by atoms with van der Waals surface area (Å²) >= 11 is 13.0. The van der Waals surface area contributed by atoms with Gasteiger partial charge in [-0.05, 0) is 33.5 Å². The minimum absolute atomic E-state index is 0.0517. The molecule has 1 rings (SSSR count). The van der Waals surface area contributed by atoms with Crippen LogP contribution in [0, 0.1) is 5.92 Å². The molecule has 2 nitrogen and oxygen atoms in total. The van der Waals surface area contributed by atoms with Gasteiger partial charge >= 0.3 is 0 Å². The number of allylic oxidation sites excluding steroid dienone is 1. The van der Waals surface area contributed by atoms with E-state index in [0.717, 1.165) is 5.57 Å². The van der Waals surface area contributed by atoms with Crippen LogP contribution in [-0.4, -0.2) is 26.1 Å². The van der Waals surface area contributed by atoms with E-state index >= 15 is 0 Å². The number of halogens is 2. The molecule has 0 bridgehead atoms. The first-order valence-electron chi connectivity index (χ1n) is 5.80. The monoisotopic (exact) mass is 296 g/mol. The van der Waals surface area contributed by atoms with Crippen molar-refractivity contribution in [1.82, 2.24) is 0 Å². The molecule has 17 heavy (non-hydrogen) atoms. The van der Waals surface area contributed by atoms with Gasteiger partial charge in [0.25, 0.3) is 0 Å². The summed E-state index contributed by atoms with van der Waals surface area (Å²) in [7, 11) is -0.118. The summed E-state index contributed by atoms with van der Waals surface area (Å²) in [4.78, 5) is -0.734. The van der Waals surface area contributed by atoms with E-state index in [1.165, 1.54) is 0 Å². The summed E-state index contributed by atoms with van der Waals surface area (Å²) in [5.74, 6) is -0.719. The Balaban J connectivity index is 3.11. The molecule has 100 valence electrons. The van der Waals surface area contributed by atoms with Crippen molar-refractivity contribution in [1.29, 1.82) is 0 Å². The van der Waals surface area contributed by atoms with E-state index in [1.807, 2.05) is 20.8 Å². The lowest BCUT2D eigenvalue weighted by atomic mass is 10.2. The molecule has 1 saturated carbocycles. The van der Waals surface area contributed by atoms with Crippen LogP contribution in [0.4, 0.5) is 0 Å². The fraction of sp³-hybridized carbons (Fsp3) is 0.833. The number of ether oxygens (including phenoxy) is 1. The Bertz CT molecular complexity index is 347. The molecule has 0 saturated heterocycles. The highest BCUT2D eigenvalue weighted by Crippen LogP contribution is 2.67. The topological polar surface area (TPSA) is 18.5 Å². The molecule has 1 aliphatic rings. The Labute approximate surface area is 115 Å². The van der Waals surface area contributed by atoms with Crippen LogP contribution in [-0.2, 0) is 9.16 Å². The molecule has 0 heterocycles. The molecule has 0 aromatic heterocycles. The Morgan fingerprint density at radius 3 is 2.00 bits per heavy atom. The van der Waals surface area contributed by atoms with Gasteiger partial charge in [0.15, 0.2) is 14.1 Å². The lowest BCUT2D eigenvalue weighted by Gasteiger charge is -2.28. The van der Waals surface area contributed by atoms with Crippen molar-refractivity contribution in [3.05, 3.63) is 10.6 Å². The van der Waals surface area contributed by atoms with E-state index in [0.29, 0.717) is 5.03 Å². The molecule has 5 heteroatoms. The van der Waals surface area contributed by atoms with Crippen LogP contribution < -0.4 is 0 Å². The van der Waals surface area contributed by atoms with Crippen LogP contribution in [0.15, 0.2) is 10.6 Å². The third-order valence-corrected chi connectivity index (χ3v) is 5.58. The summed E-state index contributed by atoms with van der Waals surface area (Å²) in [6.45, 7) is 12.3. The van der Waals surface area contributed by atoms with Gasteiger partial charge in [0.1, 0.15) is 4.87 Å². The Morgan fingerprint density at radius 1 is 1.24 bits per heavy atom. The van der Waals surface area contributed by atoms with Crippen molar-refractivity contribution in [2.75, 3.05) is 7.11 Å². The van der Waals surface area contributed by atoms with E-state index in [2.05, 4.69) is 19.6 Å². The molecule has 3 atom stereocenters. The highest BCUT2D eigenvalue weighted by molar-refractivity contribution is 6.70. The van der Waals surface area contributed by atoms with Crippen molar-refractivity contribution < 1.29 is 9.16 Å². The second-order valence-corrected chi connectivity index (χ2v) is 11.2. The van der Waals surface area contributed by atoms with Crippen molar-refractivity contribution >= 4 is 31.5 Å². The first kappa shape index (κ1) is 15.5. The summed E-state index contributed by atoms with van der Waals surface area (Å²) in [5.41, 5.74) is 1.01. The molecule has 0 spiro atoms. The summed E-state index contributed by atoms with van der Waals surface area (Å²) in [6, 6.07) is 0. The first-order valence-corrected chi connectivity index (χ1v) is 9.97. The molecule has 0 aromatic rings. The minimum atomic E-state index is -1.75. The van der Waals surface area contributed by atoms with Crippen LogP contribution >= 0.6 is 23.2 Å². The third-order valence-electron chi connectivity index (χ3n) is 3.11. The van der Waals surface area contributed by atoms with Crippen molar-refractivity contribution in [2.45, 2.75) is 51.1 Å². The molecule has 0 amide bonds. The van der Waals surface area contributed by atoms with E-state index in [-0.39, 0.29) is 5.92 Å². The largest absolute Gasteiger partial charge is 0.389 e. The maximum absolute atomic E-state index is 6.65. The zero-order chi connectivity index (χ0) is 13.6. The van der Waals surface area contributed by atoms with Crippen molar-refractivity contribution in [2.24, 2.45) is 5.92 Å². The van der Waals surface area contributed by atoms with E-state index < -0.39 is 19.0 Å². The number of hydrogen-bond donors (Lipinski definition) is 0. The van der Waals surface area contributed by atoms with Gasteiger partial charge < -0.3 is 9.16 Å². The molecule has 0 N–H and O–H groups in total. The Morgan fingerprint density at radius 2 is 1.71 bits per heavy atom. The molecule has 0 radical (unpaired) electrons. The van der Waals surface area contributed by atoms with Gasteiger partial charge in [-0.2, -0.15) is 0 Å². The van der Waals surface area contributed by atoms with Crippen molar-refractivity contribution in [3.63, 3.8) is 0 Å². The van der Waals surface area contributed by atoms with Crippen molar-refractivity contribution in [3.8, 4) is 0 Å². The molecular weight excluding hydrogens is 275 g/mol. The fourth-order valence-electron chi connectivity index (χ4n) is 2.25. The van der Waals surface area contributed by atoms with Gasteiger partial charge in [0.2, 0.25) is 0 Å². The van der Waals surface area contributed by atoms with E-state index in [9.17, 15) is 0 Å². The van der Waals surface area contributed by atoms with Gasteiger partial charge in [-0.1, -0.05) is 24.1 Å². The predicted octanol–water partition coefficient (Wildman–Crippen LogP) is 4.34. The minimum Gasteiger partial charge on any atom is -0.389 e. The maximum atomic E-state index is 6.65. The molecule has 1 fully saturated rings. The molecule has 0 aliphatic heterocycles. The fourth-order valence-corrected chi connectivity index (χ4v) is 4.49. The van der Waals surface area contributed by atoms with Crippen LogP contribution in [0.25, 0.3) is 0 Å². The number of rotatable bonds is 4.